The maximum Gasteiger partial charge on any atom is 0.253 e. The van der Waals surface area contributed by atoms with E-state index in [1.54, 1.807) is 6.07 Å². The van der Waals surface area contributed by atoms with E-state index in [9.17, 15) is 4.79 Å². The lowest BCUT2D eigenvalue weighted by atomic mass is 9.82. The fourth-order valence-corrected chi connectivity index (χ4v) is 2.76. The van der Waals surface area contributed by atoms with Gasteiger partial charge in [0, 0.05) is 0 Å². The van der Waals surface area contributed by atoms with E-state index in [0.29, 0.717) is 18.4 Å². The zero-order valence-corrected chi connectivity index (χ0v) is 12.0. The van der Waals surface area contributed by atoms with Crippen LogP contribution in [0.1, 0.15) is 55.3 Å². The van der Waals surface area contributed by atoms with E-state index in [1.165, 1.54) is 18.8 Å². The highest BCUT2D eigenvalue weighted by Crippen LogP contribution is 2.27. The molecule has 1 aliphatic rings. The standard InChI is InChI=1S/C14H21N5O2/c15-13(19-21)14(7-4-2-1-3-5-8-14)18-12(20)11-6-9-16-17-10-11/h6,9-10,21H,1-5,7-8H2,(H2,15,19)(H,18,20). The van der Waals surface area contributed by atoms with Crippen molar-refractivity contribution in [1.82, 2.24) is 15.5 Å². The van der Waals surface area contributed by atoms with Crippen molar-refractivity contribution in [2.45, 2.75) is 50.5 Å². The van der Waals surface area contributed by atoms with Gasteiger partial charge in [-0.05, 0) is 18.9 Å². The number of aromatic nitrogens is 2. The van der Waals surface area contributed by atoms with Crippen LogP contribution < -0.4 is 11.1 Å². The summed E-state index contributed by atoms with van der Waals surface area (Å²) >= 11 is 0. The van der Waals surface area contributed by atoms with Crippen molar-refractivity contribution in [2.24, 2.45) is 10.9 Å². The maximum absolute atomic E-state index is 12.4. The number of oxime groups is 1. The van der Waals surface area contributed by atoms with Crippen molar-refractivity contribution in [2.75, 3.05) is 0 Å². The molecule has 1 saturated carbocycles. The monoisotopic (exact) mass is 291 g/mol. The molecule has 0 spiro atoms. The van der Waals surface area contributed by atoms with E-state index in [0.717, 1.165) is 25.7 Å². The Hall–Kier alpha value is -2.18. The third-order valence-electron chi connectivity index (χ3n) is 4.00. The molecular formula is C14H21N5O2. The molecule has 7 heteroatoms. The van der Waals surface area contributed by atoms with Crippen LogP contribution in [-0.4, -0.2) is 32.7 Å². The van der Waals surface area contributed by atoms with Crippen LogP contribution in [0.15, 0.2) is 23.6 Å². The molecule has 114 valence electrons. The second-order valence-electron chi connectivity index (χ2n) is 5.42. The van der Waals surface area contributed by atoms with Crippen LogP contribution >= 0.6 is 0 Å². The van der Waals surface area contributed by atoms with Crippen LogP contribution in [0.2, 0.25) is 0 Å². The molecule has 1 heterocycles. The van der Waals surface area contributed by atoms with Crippen molar-refractivity contribution in [3.8, 4) is 0 Å². The Bertz CT molecular complexity index is 495. The van der Waals surface area contributed by atoms with Gasteiger partial charge < -0.3 is 16.3 Å². The minimum absolute atomic E-state index is 0.0692. The van der Waals surface area contributed by atoms with Crippen molar-refractivity contribution < 1.29 is 10.0 Å². The zero-order valence-electron chi connectivity index (χ0n) is 12.0. The number of nitrogens with two attached hydrogens (primary N) is 1. The van der Waals surface area contributed by atoms with E-state index in [4.69, 9.17) is 10.9 Å². The van der Waals surface area contributed by atoms with Gasteiger partial charge in [0.25, 0.3) is 5.91 Å². The highest BCUT2D eigenvalue weighted by Gasteiger charge is 2.36. The predicted octanol–water partition coefficient (Wildman–Crippen LogP) is 1.44. The zero-order chi connectivity index (χ0) is 15.1. The number of hydrogen-bond acceptors (Lipinski definition) is 5. The quantitative estimate of drug-likeness (QED) is 0.337. The third-order valence-corrected chi connectivity index (χ3v) is 4.00. The number of amidine groups is 1. The SMILES string of the molecule is N/C(=N/O)C1(NC(=O)c2ccnnc2)CCCCCCC1. The second-order valence-corrected chi connectivity index (χ2v) is 5.42. The molecule has 0 unspecified atom stereocenters. The number of amides is 1. The van der Waals surface area contributed by atoms with Crippen molar-refractivity contribution >= 4 is 11.7 Å². The topological polar surface area (TPSA) is 113 Å². The van der Waals surface area contributed by atoms with Gasteiger partial charge in [-0.15, -0.1) is 0 Å². The largest absolute Gasteiger partial charge is 0.409 e. The summed E-state index contributed by atoms with van der Waals surface area (Å²) in [7, 11) is 0. The first-order valence-electron chi connectivity index (χ1n) is 7.25. The van der Waals surface area contributed by atoms with Gasteiger partial charge in [0.05, 0.1) is 18.0 Å². The first-order chi connectivity index (χ1) is 10.2. The lowest BCUT2D eigenvalue weighted by molar-refractivity contribution is 0.0910. The maximum atomic E-state index is 12.4. The lowest BCUT2D eigenvalue weighted by Crippen LogP contribution is -2.57. The first kappa shape index (κ1) is 15.2. The van der Waals surface area contributed by atoms with Gasteiger partial charge in [0.2, 0.25) is 0 Å². The number of nitrogens with zero attached hydrogens (tertiary/aromatic N) is 3. The Labute approximate surface area is 123 Å². The number of rotatable bonds is 3. The lowest BCUT2D eigenvalue weighted by Gasteiger charge is -2.35. The normalized spacial score (nSPS) is 19.3. The smallest absolute Gasteiger partial charge is 0.253 e. The average Bonchev–Trinajstić information content (AvgIpc) is 2.50. The van der Waals surface area contributed by atoms with Crippen LogP contribution in [0.4, 0.5) is 0 Å². The van der Waals surface area contributed by atoms with Crippen LogP contribution in [0, 0.1) is 0 Å². The van der Waals surface area contributed by atoms with Gasteiger partial charge in [-0.2, -0.15) is 10.2 Å². The highest BCUT2D eigenvalue weighted by molar-refractivity contribution is 6.00. The molecule has 0 saturated heterocycles. The molecule has 0 aromatic carbocycles. The Kier molecular flexibility index (Phi) is 5.08. The minimum Gasteiger partial charge on any atom is -0.409 e. The molecule has 7 nitrogen and oxygen atoms in total. The summed E-state index contributed by atoms with van der Waals surface area (Å²) in [5.41, 5.74) is 5.52. The molecule has 1 fully saturated rings. The van der Waals surface area contributed by atoms with Gasteiger partial charge >= 0.3 is 0 Å². The van der Waals surface area contributed by atoms with Crippen LogP contribution in [-0.2, 0) is 0 Å². The molecule has 2 rings (SSSR count). The van der Waals surface area contributed by atoms with Crippen LogP contribution in [0.3, 0.4) is 0 Å². The van der Waals surface area contributed by atoms with Gasteiger partial charge in [-0.25, -0.2) is 0 Å². The fourth-order valence-electron chi connectivity index (χ4n) is 2.76. The van der Waals surface area contributed by atoms with E-state index in [1.807, 2.05) is 0 Å². The molecule has 0 atom stereocenters. The Morgan fingerprint density at radius 2 is 1.90 bits per heavy atom. The number of carbonyl (C=O) groups is 1. The number of carbonyl (C=O) groups excluding carboxylic acids is 1. The summed E-state index contributed by atoms with van der Waals surface area (Å²) in [6.07, 6.45) is 9.45. The molecule has 21 heavy (non-hydrogen) atoms. The summed E-state index contributed by atoms with van der Waals surface area (Å²) in [4.78, 5) is 12.4. The molecule has 0 radical (unpaired) electrons. The number of hydrogen-bond donors (Lipinski definition) is 3. The molecule has 0 aliphatic heterocycles. The molecular weight excluding hydrogens is 270 g/mol. The van der Waals surface area contributed by atoms with Gasteiger partial charge in [0.15, 0.2) is 5.84 Å². The molecule has 1 amide bonds. The van der Waals surface area contributed by atoms with Crippen molar-refractivity contribution in [3.05, 3.63) is 24.0 Å². The molecule has 1 aliphatic carbocycles. The van der Waals surface area contributed by atoms with Gasteiger partial charge in [-0.3, -0.25) is 4.79 Å². The summed E-state index contributed by atoms with van der Waals surface area (Å²) in [6.45, 7) is 0. The van der Waals surface area contributed by atoms with E-state index in [-0.39, 0.29) is 11.7 Å². The van der Waals surface area contributed by atoms with Gasteiger partial charge in [-0.1, -0.05) is 37.3 Å². The summed E-state index contributed by atoms with van der Waals surface area (Å²) in [6, 6.07) is 1.59. The predicted molar refractivity (Wildman–Crippen MR) is 78.0 cm³/mol. The van der Waals surface area contributed by atoms with Crippen LogP contribution in [0.25, 0.3) is 0 Å². The Balaban J connectivity index is 2.21. The summed E-state index contributed by atoms with van der Waals surface area (Å²) in [5.74, 6) is -0.211. The summed E-state index contributed by atoms with van der Waals surface area (Å²) < 4.78 is 0. The third kappa shape index (κ3) is 3.68. The van der Waals surface area contributed by atoms with Crippen LogP contribution in [0.5, 0.6) is 0 Å². The van der Waals surface area contributed by atoms with Gasteiger partial charge in [0.1, 0.15) is 5.54 Å². The fraction of sp³-hybridized carbons (Fsp3) is 0.571. The van der Waals surface area contributed by atoms with Crippen molar-refractivity contribution in [3.63, 3.8) is 0 Å². The average molecular weight is 291 g/mol. The van der Waals surface area contributed by atoms with E-state index >= 15 is 0 Å². The van der Waals surface area contributed by atoms with E-state index in [2.05, 4.69) is 20.7 Å². The molecule has 1 aromatic heterocycles. The molecule has 4 N–H and O–H groups in total. The molecule has 1 aromatic rings. The second kappa shape index (κ2) is 7.01. The van der Waals surface area contributed by atoms with Crippen molar-refractivity contribution in [1.29, 1.82) is 0 Å². The summed E-state index contributed by atoms with van der Waals surface area (Å²) in [5, 5.41) is 22.5. The molecule has 0 bridgehead atoms. The van der Waals surface area contributed by atoms with E-state index < -0.39 is 5.54 Å². The highest BCUT2D eigenvalue weighted by atomic mass is 16.4. The first-order valence-corrected chi connectivity index (χ1v) is 7.25. The minimum atomic E-state index is -0.782. The Morgan fingerprint density at radius 1 is 1.24 bits per heavy atom. The Morgan fingerprint density at radius 3 is 2.48 bits per heavy atom. The number of nitrogens with one attached hydrogen (secondary N) is 1.